The van der Waals surface area contributed by atoms with Crippen LogP contribution < -0.4 is 15.9 Å². The molecule has 0 radical (unpaired) electrons. The maximum absolute atomic E-state index is 13.3. The molecule has 37 heavy (non-hydrogen) atoms. The van der Waals surface area contributed by atoms with Gasteiger partial charge in [-0.25, -0.2) is 0 Å². The molecular weight excluding hydrogens is 552 g/mol. The van der Waals surface area contributed by atoms with Crippen molar-refractivity contribution in [3.05, 3.63) is 151 Å². The Bertz CT molecular complexity index is 1440. The van der Waals surface area contributed by atoms with Crippen molar-refractivity contribution in [2.24, 2.45) is 0 Å². The van der Waals surface area contributed by atoms with Crippen LogP contribution in [-0.2, 0) is 12.3 Å². The van der Waals surface area contributed by atoms with E-state index in [1.165, 1.54) is 5.56 Å². The molecule has 0 aliphatic rings. The summed E-state index contributed by atoms with van der Waals surface area (Å²) in [7, 11) is 0. The monoisotopic (exact) mass is 576 g/mol. The Morgan fingerprint density at radius 1 is 0.541 bits per heavy atom. The number of alkyl halides is 3. The molecular formula is C32H25BrF3P. The van der Waals surface area contributed by atoms with Crippen LogP contribution in [0.25, 0.3) is 11.1 Å². The zero-order valence-electron chi connectivity index (χ0n) is 19.9. The van der Waals surface area contributed by atoms with Crippen LogP contribution in [-0.4, -0.2) is 0 Å². The van der Waals surface area contributed by atoms with Crippen LogP contribution in [0.15, 0.2) is 140 Å². The van der Waals surface area contributed by atoms with E-state index in [9.17, 15) is 13.2 Å². The summed E-state index contributed by atoms with van der Waals surface area (Å²) in [5, 5.41) is 0.00952. The predicted octanol–water partition coefficient (Wildman–Crippen LogP) is 8.71. The molecule has 0 atom stereocenters. The van der Waals surface area contributed by atoms with Gasteiger partial charge in [-0.3, -0.25) is 0 Å². The van der Waals surface area contributed by atoms with E-state index in [1.807, 2.05) is 72.8 Å². The molecule has 0 unspecified atom stereocenters. The van der Waals surface area contributed by atoms with Crippen LogP contribution in [0.3, 0.4) is 0 Å². The molecule has 0 aliphatic carbocycles. The number of halogens is 4. The van der Waals surface area contributed by atoms with E-state index < -0.39 is 17.0 Å². The summed E-state index contributed by atoms with van der Waals surface area (Å²) >= 11 is 4.50. The van der Waals surface area contributed by atoms with Crippen molar-refractivity contribution in [2.75, 3.05) is 0 Å². The average Bonchev–Trinajstić information content (AvgIpc) is 2.94. The van der Waals surface area contributed by atoms with E-state index in [2.05, 4.69) is 58.0 Å². The molecule has 0 spiro atoms. The number of benzene rings is 5. The Balaban J connectivity index is 1.86. The van der Waals surface area contributed by atoms with Crippen molar-refractivity contribution in [3.63, 3.8) is 0 Å². The summed E-state index contributed by atoms with van der Waals surface area (Å²) in [6.45, 7) is 0. The normalized spacial score (nSPS) is 13.0. The maximum atomic E-state index is 13.3. The number of hydrogen-bond acceptors (Lipinski definition) is 0. The summed E-state index contributed by atoms with van der Waals surface area (Å²) in [5.41, 5.74) is 2.18. The summed E-state index contributed by atoms with van der Waals surface area (Å²) in [6.07, 6.45) is -3.67. The Labute approximate surface area is 223 Å². The van der Waals surface area contributed by atoms with Gasteiger partial charge >= 0.3 is 224 Å². The number of rotatable bonds is 6. The first-order valence-corrected chi connectivity index (χ1v) is 16.4. The molecule has 0 amide bonds. The van der Waals surface area contributed by atoms with Gasteiger partial charge in [0.1, 0.15) is 0 Å². The third-order valence-corrected chi connectivity index (χ3v) is 16.3. The molecule has 5 rings (SSSR count). The molecule has 0 bridgehead atoms. The van der Waals surface area contributed by atoms with Gasteiger partial charge in [0.2, 0.25) is 0 Å². The fourth-order valence-corrected chi connectivity index (χ4v) is 13.3. The fraction of sp³-hybridized carbons (Fsp3) is 0.0625. The Morgan fingerprint density at radius 3 is 1.51 bits per heavy atom. The van der Waals surface area contributed by atoms with Crippen LogP contribution >= 0.6 is 20.8 Å². The van der Waals surface area contributed by atoms with Crippen LogP contribution in [0.2, 0.25) is 0 Å². The van der Waals surface area contributed by atoms with Crippen molar-refractivity contribution in [1.29, 1.82) is 0 Å². The van der Waals surface area contributed by atoms with E-state index in [-0.39, 0.29) is 0 Å². The summed E-state index contributed by atoms with van der Waals surface area (Å²) < 4.78 is 40.0. The van der Waals surface area contributed by atoms with E-state index >= 15 is 0 Å². The van der Waals surface area contributed by atoms with Crippen LogP contribution in [0.4, 0.5) is 13.2 Å². The molecule has 0 aliphatic heterocycles. The van der Waals surface area contributed by atoms with Crippen molar-refractivity contribution < 1.29 is 13.2 Å². The third kappa shape index (κ3) is 4.65. The van der Waals surface area contributed by atoms with E-state index in [0.29, 0.717) is 6.16 Å². The van der Waals surface area contributed by atoms with Crippen LogP contribution in [0.1, 0.15) is 11.1 Å². The minimum absolute atomic E-state index is 0.652. The molecule has 0 nitrogen and oxygen atoms in total. The molecule has 0 saturated heterocycles. The number of hydrogen-bond donors (Lipinski definition) is 0. The van der Waals surface area contributed by atoms with E-state index in [1.54, 1.807) is 12.1 Å². The Hall–Kier alpha value is -3.20. The molecule has 0 fully saturated rings. The average molecular weight is 577 g/mol. The van der Waals surface area contributed by atoms with Crippen LogP contribution in [0, 0.1) is 0 Å². The van der Waals surface area contributed by atoms with Gasteiger partial charge in [0.25, 0.3) is 0 Å². The Morgan fingerprint density at radius 2 is 1.00 bits per heavy atom. The van der Waals surface area contributed by atoms with Crippen molar-refractivity contribution in [2.45, 2.75) is 12.3 Å². The molecule has 0 saturated carbocycles. The summed E-state index contributed by atoms with van der Waals surface area (Å²) in [5.74, 6) is 0. The summed E-state index contributed by atoms with van der Waals surface area (Å²) in [4.78, 5) is 0. The van der Waals surface area contributed by atoms with Gasteiger partial charge in [0, 0.05) is 0 Å². The molecule has 5 aromatic rings. The van der Waals surface area contributed by atoms with Gasteiger partial charge in [-0.2, -0.15) is 0 Å². The second-order valence-electron chi connectivity index (χ2n) is 9.09. The minimum atomic E-state index is -4.38. The van der Waals surface area contributed by atoms with Gasteiger partial charge in [0.15, 0.2) is 0 Å². The van der Waals surface area contributed by atoms with Gasteiger partial charge in [0.05, 0.1) is 0 Å². The zero-order chi connectivity index (χ0) is 26.0. The first-order valence-electron chi connectivity index (χ1n) is 12.0. The molecule has 0 N–H and O–H groups in total. The predicted molar refractivity (Wildman–Crippen MR) is 155 cm³/mol. The fourth-order valence-electron chi connectivity index (χ4n) is 5.06. The first kappa shape index (κ1) is 25.4. The van der Waals surface area contributed by atoms with Crippen molar-refractivity contribution in [1.82, 2.24) is 0 Å². The summed E-state index contributed by atoms with van der Waals surface area (Å²) in [6, 6.07) is 44.8. The van der Waals surface area contributed by atoms with Crippen molar-refractivity contribution >= 4 is 36.7 Å². The second-order valence-corrected chi connectivity index (χ2v) is 18.0. The van der Waals surface area contributed by atoms with Crippen LogP contribution in [0.5, 0.6) is 0 Å². The third-order valence-electron chi connectivity index (χ3n) is 6.84. The SMILES string of the molecule is FC(F)(F)c1ccc(-c2ccccc2P(Br)(Cc2ccccc2)(c2ccccc2)c2ccccc2)cc1. The molecule has 186 valence electrons. The quantitative estimate of drug-likeness (QED) is 0.177. The molecule has 0 aromatic heterocycles. The van der Waals surface area contributed by atoms with Gasteiger partial charge < -0.3 is 0 Å². The van der Waals surface area contributed by atoms with Crippen molar-refractivity contribution in [3.8, 4) is 11.1 Å². The first-order chi connectivity index (χ1) is 17.8. The van der Waals surface area contributed by atoms with E-state index in [0.717, 1.165) is 39.2 Å². The standard InChI is InChI=1S/C32H25BrF3P/c33-37(28-14-6-2-7-15-28,29-16-8-3-9-17-29,24-25-12-4-1-5-13-25)31-19-11-10-18-30(31)26-20-22-27(23-21-26)32(34,35)36/h1-23H,24H2. The van der Waals surface area contributed by atoms with Gasteiger partial charge in [-0.1, -0.05) is 0 Å². The van der Waals surface area contributed by atoms with E-state index in [4.69, 9.17) is 0 Å². The topological polar surface area (TPSA) is 0 Å². The zero-order valence-corrected chi connectivity index (χ0v) is 22.4. The molecule has 5 aromatic carbocycles. The second kappa shape index (κ2) is 9.93. The van der Waals surface area contributed by atoms with Gasteiger partial charge in [-0.15, -0.1) is 0 Å². The molecule has 0 heterocycles. The Kier molecular flexibility index (Phi) is 6.83. The molecule has 5 heteroatoms. The van der Waals surface area contributed by atoms with Gasteiger partial charge in [-0.05, 0) is 0 Å².